The van der Waals surface area contributed by atoms with Crippen LogP contribution in [0.1, 0.15) is 40.9 Å². The summed E-state index contributed by atoms with van der Waals surface area (Å²) in [7, 11) is 3.07. The lowest BCUT2D eigenvalue weighted by Crippen LogP contribution is -2.16. The van der Waals surface area contributed by atoms with Crippen molar-refractivity contribution in [3.05, 3.63) is 89.7 Å². The van der Waals surface area contributed by atoms with Crippen molar-refractivity contribution in [1.29, 1.82) is 0 Å². The molecule has 0 aliphatic rings. The Morgan fingerprint density at radius 1 is 1.06 bits per heavy atom. The van der Waals surface area contributed by atoms with Crippen molar-refractivity contribution in [3.63, 3.8) is 0 Å². The third-order valence-corrected chi connectivity index (χ3v) is 6.13. The van der Waals surface area contributed by atoms with Crippen LogP contribution < -0.4 is 10.6 Å². The Balaban J connectivity index is 1.58. The van der Waals surface area contributed by atoms with Gasteiger partial charge in [0.25, 0.3) is 0 Å². The minimum Gasteiger partial charge on any atom is -0.464 e. The van der Waals surface area contributed by atoms with Gasteiger partial charge in [0.15, 0.2) is 5.69 Å². The molecule has 0 fully saturated rings. The molecule has 35 heavy (non-hydrogen) atoms. The van der Waals surface area contributed by atoms with E-state index in [0.717, 1.165) is 11.3 Å². The van der Waals surface area contributed by atoms with Crippen LogP contribution >= 0.6 is 0 Å². The number of anilines is 2. The molecule has 180 valence electrons. The Hall–Kier alpha value is -4.13. The third-order valence-electron chi connectivity index (χ3n) is 6.13. The van der Waals surface area contributed by atoms with E-state index >= 15 is 0 Å². The molecule has 2 N–H and O–H groups in total. The zero-order chi connectivity index (χ0) is 24.8. The SMILES string of the molecule is COC(=O)c1c(NC(=O)CCc2ccccc2)c2cc(NCC(C)c3ccccc3)cnc2n1C. The third kappa shape index (κ3) is 5.51. The highest BCUT2D eigenvalue weighted by Crippen LogP contribution is 2.32. The van der Waals surface area contributed by atoms with E-state index in [4.69, 9.17) is 4.74 Å². The van der Waals surface area contributed by atoms with Crippen LogP contribution in [0.4, 0.5) is 11.4 Å². The van der Waals surface area contributed by atoms with Gasteiger partial charge in [-0.3, -0.25) is 4.79 Å². The number of rotatable bonds is 9. The predicted molar refractivity (Wildman–Crippen MR) is 139 cm³/mol. The Kier molecular flexibility index (Phi) is 7.45. The van der Waals surface area contributed by atoms with Gasteiger partial charge in [-0.05, 0) is 29.5 Å². The number of carbonyl (C=O) groups is 2. The summed E-state index contributed by atoms with van der Waals surface area (Å²) in [6.45, 7) is 2.87. The number of benzene rings is 2. The van der Waals surface area contributed by atoms with E-state index in [1.54, 1.807) is 17.8 Å². The van der Waals surface area contributed by atoms with Crippen molar-refractivity contribution in [1.82, 2.24) is 9.55 Å². The largest absolute Gasteiger partial charge is 0.464 e. The summed E-state index contributed by atoms with van der Waals surface area (Å²) < 4.78 is 6.66. The summed E-state index contributed by atoms with van der Waals surface area (Å²) in [6, 6.07) is 22.0. The Bertz CT molecular complexity index is 1320. The molecule has 1 amide bonds. The summed E-state index contributed by atoms with van der Waals surface area (Å²) in [5.41, 5.74) is 4.40. The van der Waals surface area contributed by atoms with Crippen LogP contribution in [-0.4, -0.2) is 35.1 Å². The van der Waals surface area contributed by atoms with E-state index in [2.05, 4.69) is 34.7 Å². The van der Waals surface area contributed by atoms with E-state index < -0.39 is 5.97 Å². The molecule has 0 radical (unpaired) electrons. The van der Waals surface area contributed by atoms with Crippen molar-refractivity contribution >= 4 is 34.3 Å². The summed E-state index contributed by atoms with van der Waals surface area (Å²) in [5, 5.41) is 7.06. The highest BCUT2D eigenvalue weighted by atomic mass is 16.5. The van der Waals surface area contributed by atoms with Crippen molar-refractivity contribution in [2.45, 2.75) is 25.7 Å². The number of methoxy groups -OCH3 is 1. The van der Waals surface area contributed by atoms with Gasteiger partial charge < -0.3 is 19.9 Å². The second kappa shape index (κ2) is 10.9. The molecule has 0 spiro atoms. The summed E-state index contributed by atoms with van der Waals surface area (Å²) in [4.78, 5) is 30.0. The molecule has 1 atom stereocenters. The molecule has 1 unspecified atom stereocenters. The zero-order valence-corrected chi connectivity index (χ0v) is 20.2. The van der Waals surface area contributed by atoms with Gasteiger partial charge in [-0.1, -0.05) is 67.6 Å². The van der Waals surface area contributed by atoms with Crippen molar-refractivity contribution in [2.24, 2.45) is 7.05 Å². The lowest BCUT2D eigenvalue weighted by molar-refractivity contribution is -0.116. The molecule has 4 rings (SSSR count). The number of hydrogen-bond acceptors (Lipinski definition) is 5. The number of nitrogens with zero attached hydrogens (tertiary/aromatic N) is 2. The summed E-state index contributed by atoms with van der Waals surface area (Å²) in [6.07, 6.45) is 2.64. The Labute approximate surface area is 205 Å². The van der Waals surface area contributed by atoms with Gasteiger partial charge in [-0.25, -0.2) is 9.78 Å². The van der Waals surface area contributed by atoms with Crippen molar-refractivity contribution in [3.8, 4) is 0 Å². The summed E-state index contributed by atoms with van der Waals surface area (Å²) in [5.74, 6) is -0.413. The average molecular weight is 471 g/mol. The maximum atomic E-state index is 12.9. The number of aryl methyl sites for hydroxylation is 2. The van der Waals surface area contributed by atoms with Crippen molar-refractivity contribution in [2.75, 3.05) is 24.3 Å². The highest BCUT2D eigenvalue weighted by Gasteiger charge is 2.24. The number of hydrogen-bond donors (Lipinski definition) is 2. The van der Waals surface area contributed by atoms with Gasteiger partial charge in [-0.15, -0.1) is 0 Å². The fourth-order valence-electron chi connectivity index (χ4n) is 4.14. The molecular formula is C28H30N4O3. The van der Waals surface area contributed by atoms with Crippen LogP contribution in [0, 0.1) is 0 Å². The zero-order valence-electron chi connectivity index (χ0n) is 20.2. The molecule has 0 saturated heterocycles. The van der Waals surface area contributed by atoms with Gasteiger partial charge in [0.05, 0.1) is 24.7 Å². The second-order valence-corrected chi connectivity index (χ2v) is 8.60. The van der Waals surface area contributed by atoms with Crippen LogP contribution in [0.2, 0.25) is 0 Å². The molecule has 0 bridgehead atoms. The Morgan fingerprint density at radius 3 is 2.43 bits per heavy atom. The molecule has 2 aromatic heterocycles. The van der Waals surface area contributed by atoms with E-state index in [1.807, 2.05) is 54.6 Å². The van der Waals surface area contributed by atoms with Gasteiger partial charge in [0, 0.05) is 25.4 Å². The average Bonchev–Trinajstić information content (AvgIpc) is 3.17. The number of fused-ring (bicyclic) bond motifs is 1. The molecule has 7 heteroatoms. The molecule has 0 aliphatic heterocycles. The maximum absolute atomic E-state index is 12.9. The van der Waals surface area contributed by atoms with Crippen LogP contribution in [0.25, 0.3) is 11.0 Å². The number of carbonyl (C=O) groups excluding carboxylic acids is 2. The molecule has 2 heterocycles. The minimum absolute atomic E-state index is 0.178. The standard InChI is InChI=1S/C28H30N4O3/c1-19(21-12-8-5-9-13-21)17-29-22-16-23-25(26(28(34)35-3)32(2)27(23)30-18-22)31-24(33)15-14-20-10-6-4-7-11-20/h4-13,16,18-19,29H,14-15,17H2,1-3H3,(H,31,33). The monoisotopic (exact) mass is 470 g/mol. The number of amides is 1. The molecule has 0 saturated carbocycles. The van der Waals surface area contributed by atoms with Crippen molar-refractivity contribution < 1.29 is 14.3 Å². The van der Waals surface area contributed by atoms with Gasteiger partial charge in [-0.2, -0.15) is 0 Å². The summed E-state index contributed by atoms with van der Waals surface area (Å²) >= 11 is 0. The predicted octanol–water partition coefficient (Wildman–Crippen LogP) is 5.15. The second-order valence-electron chi connectivity index (χ2n) is 8.60. The Morgan fingerprint density at radius 2 is 1.74 bits per heavy atom. The van der Waals surface area contributed by atoms with Gasteiger partial charge in [0.2, 0.25) is 5.91 Å². The number of aromatic nitrogens is 2. The van der Waals surface area contributed by atoms with Gasteiger partial charge >= 0.3 is 5.97 Å². The molecule has 0 aliphatic carbocycles. The fraction of sp³-hybridized carbons (Fsp3) is 0.250. The lowest BCUT2D eigenvalue weighted by Gasteiger charge is -2.14. The van der Waals surface area contributed by atoms with E-state index in [0.29, 0.717) is 42.0 Å². The quantitative estimate of drug-likeness (QED) is 0.331. The number of esters is 1. The number of pyridine rings is 1. The van der Waals surface area contributed by atoms with Crippen LogP contribution in [0.5, 0.6) is 0 Å². The molecule has 2 aromatic carbocycles. The first-order valence-corrected chi connectivity index (χ1v) is 11.7. The fourth-order valence-corrected chi connectivity index (χ4v) is 4.14. The van der Waals surface area contributed by atoms with E-state index in [-0.39, 0.29) is 11.6 Å². The van der Waals surface area contributed by atoms with E-state index in [1.165, 1.54) is 12.7 Å². The molecule has 7 nitrogen and oxygen atoms in total. The first-order chi connectivity index (χ1) is 17.0. The molecule has 4 aromatic rings. The highest BCUT2D eigenvalue weighted by molar-refractivity contribution is 6.11. The smallest absolute Gasteiger partial charge is 0.356 e. The lowest BCUT2D eigenvalue weighted by atomic mass is 10.0. The van der Waals surface area contributed by atoms with Crippen LogP contribution in [0.15, 0.2) is 72.9 Å². The topological polar surface area (TPSA) is 85.2 Å². The van der Waals surface area contributed by atoms with Crippen LogP contribution in [-0.2, 0) is 23.0 Å². The minimum atomic E-state index is -0.531. The van der Waals surface area contributed by atoms with Crippen LogP contribution in [0.3, 0.4) is 0 Å². The number of nitrogens with one attached hydrogen (secondary N) is 2. The first-order valence-electron chi connectivity index (χ1n) is 11.7. The molecular weight excluding hydrogens is 440 g/mol. The maximum Gasteiger partial charge on any atom is 0.356 e. The van der Waals surface area contributed by atoms with Gasteiger partial charge in [0.1, 0.15) is 5.65 Å². The number of ether oxygens (including phenoxy) is 1. The van der Waals surface area contributed by atoms with E-state index in [9.17, 15) is 9.59 Å². The first kappa shape index (κ1) is 24.0. The normalized spacial score (nSPS) is 11.7.